The van der Waals surface area contributed by atoms with Crippen LogP contribution in [-0.2, 0) is 4.74 Å². The first-order valence-electron chi connectivity index (χ1n) is 5.75. The fourth-order valence-corrected chi connectivity index (χ4v) is 2.42. The average Bonchev–Trinajstić information content (AvgIpc) is 2.43. The predicted octanol–water partition coefficient (Wildman–Crippen LogP) is 3.03. The summed E-state index contributed by atoms with van der Waals surface area (Å²) in [5.74, 6) is -0.476. The van der Waals surface area contributed by atoms with Gasteiger partial charge in [-0.05, 0) is 31.0 Å². The smallest absolute Gasteiger partial charge is 0.358 e. The normalized spacial score (nSPS) is 10.3. The van der Waals surface area contributed by atoms with E-state index in [4.69, 9.17) is 0 Å². The highest BCUT2D eigenvalue weighted by molar-refractivity contribution is 7.99. The number of aromatic nitrogens is 2. The molecule has 0 saturated carbocycles. The van der Waals surface area contributed by atoms with Crippen molar-refractivity contribution >= 4 is 17.7 Å². The van der Waals surface area contributed by atoms with Crippen molar-refractivity contribution in [1.29, 1.82) is 0 Å². The fraction of sp³-hybridized carbons (Fsp3) is 0.214. The summed E-state index contributed by atoms with van der Waals surface area (Å²) in [5, 5.41) is 0.751. The highest BCUT2D eigenvalue weighted by Gasteiger charge is 2.08. The highest BCUT2D eigenvalue weighted by atomic mass is 32.2. The van der Waals surface area contributed by atoms with Crippen molar-refractivity contribution in [2.45, 2.75) is 23.8 Å². The lowest BCUT2D eigenvalue weighted by atomic mass is 10.2. The van der Waals surface area contributed by atoms with Gasteiger partial charge in [0.15, 0.2) is 5.69 Å². The summed E-state index contributed by atoms with van der Waals surface area (Å²) in [6, 6.07) is 6.26. The molecule has 4 nitrogen and oxygen atoms in total. The van der Waals surface area contributed by atoms with Gasteiger partial charge < -0.3 is 4.74 Å². The van der Waals surface area contributed by atoms with E-state index in [1.165, 1.54) is 36.2 Å². The van der Waals surface area contributed by atoms with E-state index in [1.54, 1.807) is 6.20 Å². The first-order valence-corrected chi connectivity index (χ1v) is 6.57. The van der Waals surface area contributed by atoms with Crippen LogP contribution in [-0.4, -0.2) is 23.0 Å². The van der Waals surface area contributed by atoms with Gasteiger partial charge in [-0.15, -0.1) is 0 Å². The summed E-state index contributed by atoms with van der Waals surface area (Å²) < 4.78 is 4.58. The van der Waals surface area contributed by atoms with Crippen molar-refractivity contribution < 1.29 is 9.53 Å². The molecular formula is C14H14N2O2S. The molecule has 0 aliphatic carbocycles. The number of carbonyl (C=O) groups excluding carboxylic acids is 1. The minimum absolute atomic E-state index is 0.216. The van der Waals surface area contributed by atoms with E-state index in [-0.39, 0.29) is 5.69 Å². The second kappa shape index (κ2) is 5.84. The Labute approximate surface area is 116 Å². The Hall–Kier alpha value is -1.88. The molecular weight excluding hydrogens is 260 g/mol. The number of carbonyl (C=O) groups is 1. The molecule has 98 valence electrons. The van der Waals surface area contributed by atoms with Gasteiger partial charge in [-0.3, -0.25) is 0 Å². The molecule has 1 aromatic heterocycles. The van der Waals surface area contributed by atoms with Crippen molar-refractivity contribution in [2.75, 3.05) is 7.11 Å². The van der Waals surface area contributed by atoms with E-state index in [0.29, 0.717) is 0 Å². The Bertz CT molecular complexity index is 597. The van der Waals surface area contributed by atoms with Crippen LogP contribution < -0.4 is 0 Å². The highest BCUT2D eigenvalue weighted by Crippen LogP contribution is 2.29. The molecule has 2 aromatic rings. The Balaban J connectivity index is 2.19. The van der Waals surface area contributed by atoms with Gasteiger partial charge in [-0.2, -0.15) is 0 Å². The van der Waals surface area contributed by atoms with E-state index < -0.39 is 5.97 Å². The predicted molar refractivity (Wildman–Crippen MR) is 73.4 cm³/mol. The van der Waals surface area contributed by atoms with E-state index >= 15 is 0 Å². The maximum absolute atomic E-state index is 11.3. The SMILES string of the molecule is COC(=O)c1cnc(Sc2cc(C)ccc2C)cn1. The van der Waals surface area contributed by atoms with Gasteiger partial charge in [0, 0.05) is 4.90 Å². The van der Waals surface area contributed by atoms with Gasteiger partial charge in [0.25, 0.3) is 0 Å². The number of nitrogens with zero attached hydrogens (tertiary/aromatic N) is 2. The van der Waals surface area contributed by atoms with Crippen molar-refractivity contribution in [3.63, 3.8) is 0 Å². The number of rotatable bonds is 3. The van der Waals surface area contributed by atoms with Crippen LogP contribution in [0.15, 0.2) is 40.5 Å². The number of ether oxygens (including phenoxy) is 1. The maximum atomic E-state index is 11.3. The molecule has 0 unspecified atom stereocenters. The number of esters is 1. The summed E-state index contributed by atoms with van der Waals surface area (Å²) in [7, 11) is 1.32. The molecule has 0 amide bonds. The lowest BCUT2D eigenvalue weighted by Crippen LogP contribution is -2.04. The van der Waals surface area contributed by atoms with Crippen LogP contribution in [0.2, 0.25) is 0 Å². The Morgan fingerprint density at radius 3 is 2.63 bits per heavy atom. The van der Waals surface area contributed by atoms with E-state index in [0.717, 1.165) is 9.92 Å². The van der Waals surface area contributed by atoms with Gasteiger partial charge in [-0.1, -0.05) is 23.9 Å². The van der Waals surface area contributed by atoms with Crippen LogP contribution in [0.4, 0.5) is 0 Å². The first-order chi connectivity index (χ1) is 9.10. The van der Waals surface area contributed by atoms with Crippen molar-refractivity contribution in [2.24, 2.45) is 0 Å². The average molecular weight is 274 g/mol. The zero-order valence-corrected chi connectivity index (χ0v) is 11.8. The molecule has 1 heterocycles. The number of hydrogen-bond donors (Lipinski definition) is 0. The largest absolute Gasteiger partial charge is 0.464 e. The first kappa shape index (κ1) is 13.5. The Morgan fingerprint density at radius 1 is 1.21 bits per heavy atom. The van der Waals surface area contributed by atoms with Crippen molar-refractivity contribution in [3.8, 4) is 0 Å². The number of methoxy groups -OCH3 is 1. The van der Waals surface area contributed by atoms with Gasteiger partial charge in [-0.25, -0.2) is 14.8 Å². The monoisotopic (exact) mass is 274 g/mol. The third-order valence-corrected chi connectivity index (χ3v) is 3.66. The number of aryl methyl sites for hydroxylation is 2. The van der Waals surface area contributed by atoms with Crippen LogP contribution in [0.1, 0.15) is 21.6 Å². The quantitative estimate of drug-likeness (QED) is 0.805. The van der Waals surface area contributed by atoms with E-state index in [1.807, 2.05) is 0 Å². The minimum atomic E-state index is -0.476. The Morgan fingerprint density at radius 2 is 2.00 bits per heavy atom. The van der Waals surface area contributed by atoms with Gasteiger partial charge in [0.1, 0.15) is 5.03 Å². The summed E-state index contributed by atoms with van der Waals surface area (Å²) >= 11 is 1.53. The molecule has 0 aliphatic heterocycles. The van der Waals surface area contributed by atoms with Crippen LogP contribution in [0, 0.1) is 13.8 Å². The molecule has 0 atom stereocenters. The van der Waals surface area contributed by atoms with Crippen LogP contribution in [0.25, 0.3) is 0 Å². The van der Waals surface area contributed by atoms with Crippen molar-refractivity contribution in [3.05, 3.63) is 47.4 Å². The summed E-state index contributed by atoms with van der Waals surface area (Å²) in [6.45, 7) is 4.10. The lowest BCUT2D eigenvalue weighted by molar-refractivity contribution is 0.0593. The molecule has 0 aliphatic rings. The number of benzene rings is 1. The number of hydrogen-bond acceptors (Lipinski definition) is 5. The van der Waals surface area contributed by atoms with E-state index in [9.17, 15) is 4.79 Å². The van der Waals surface area contributed by atoms with Gasteiger partial charge in [0.05, 0.1) is 19.5 Å². The maximum Gasteiger partial charge on any atom is 0.358 e. The Kier molecular flexibility index (Phi) is 4.16. The second-order valence-corrected chi connectivity index (χ2v) is 5.16. The zero-order chi connectivity index (χ0) is 13.8. The third-order valence-electron chi connectivity index (χ3n) is 2.58. The molecule has 0 bridgehead atoms. The van der Waals surface area contributed by atoms with Gasteiger partial charge >= 0.3 is 5.97 Å². The molecule has 0 radical (unpaired) electrons. The molecule has 0 spiro atoms. The molecule has 19 heavy (non-hydrogen) atoms. The molecule has 2 rings (SSSR count). The van der Waals surface area contributed by atoms with E-state index in [2.05, 4.69) is 46.8 Å². The standard InChI is InChI=1S/C14H14N2O2S/c1-9-4-5-10(2)12(6-9)19-13-8-15-11(7-16-13)14(17)18-3/h4-8H,1-3H3. The van der Waals surface area contributed by atoms with Crippen LogP contribution in [0.3, 0.4) is 0 Å². The van der Waals surface area contributed by atoms with Gasteiger partial charge in [0.2, 0.25) is 0 Å². The molecule has 0 N–H and O–H groups in total. The summed E-state index contributed by atoms with van der Waals surface area (Å²) in [4.78, 5) is 20.6. The minimum Gasteiger partial charge on any atom is -0.464 e. The van der Waals surface area contributed by atoms with Crippen LogP contribution in [0.5, 0.6) is 0 Å². The summed E-state index contributed by atoms with van der Waals surface area (Å²) in [5.41, 5.74) is 2.61. The van der Waals surface area contributed by atoms with Crippen molar-refractivity contribution in [1.82, 2.24) is 9.97 Å². The molecule has 5 heteroatoms. The third kappa shape index (κ3) is 3.32. The fourth-order valence-electron chi connectivity index (χ4n) is 1.51. The second-order valence-electron chi connectivity index (χ2n) is 4.10. The topological polar surface area (TPSA) is 52.1 Å². The lowest BCUT2D eigenvalue weighted by Gasteiger charge is -2.06. The zero-order valence-electron chi connectivity index (χ0n) is 11.0. The van der Waals surface area contributed by atoms with Crippen LogP contribution >= 0.6 is 11.8 Å². The molecule has 1 aromatic carbocycles. The summed E-state index contributed by atoms with van der Waals surface area (Å²) in [6.07, 6.45) is 3.01. The molecule has 0 saturated heterocycles. The molecule has 0 fully saturated rings.